The number of benzene rings is 6. The van der Waals surface area contributed by atoms with Crippen molar-refractivity contribution < 1.29 is 4.42 Å². The second-order valence-electron chi connectivity index (χ2n) is 15.3. The maximum absolute atomic E-state index is 6.49. The minimum atomic E-state index is -0.0981. The van der Waals surface area contributed by atoms with Gasteiger partial charge in [-0.15, -0.1) is 0 Å². The summed E-state index contributed by atoms with van der Waals surface area (Å²) in [6, 6.07) is 47.8. The van der Waals surface area contributed by atoms with E-state index in [2.05, 4.69) is 184 Å². The summed E-state index contributed by atoms with van der Waals surface area (Å²) in [5.41, 5.74) is 14.6. The molecule has 0 bridgehead atoms. The molecule has 0 aliphatic heterocycles. The van der Waals surface area contributed by atoms with Gasteiger partial charge in [0.15, 0.2) is 5.82 Å². The largest absolute Gasteiger partial charge is 0.456 e. The zero-order valence-electron chi connectivity index (χ0n) is 30.1. The second-order valence-corrected chi connectivity index (χ2v) is 15.3. The lowest BCUT2D eigenvalue weighted by Gasteiger charge is -2.31. The van der Waals surface area contributed by atoms with Crippen LogP contribution in [0.15, 0.2) is 174 Å². The molecule has 2 heterocycles. The summed E-state index contributed by atoms with van der Waals surface area (Å²) in [4.78, 5) is 10.7. The zero-order chi connectivity index (χ0) is 36.0. The van der Waals surface area contributed by atoms with Crippen LogP contribution in [0.25, 0.3) is 77.5 Å². The Hall–Kier alpha value is -6.58. The van der Waals surface area contributed by atoms with Crippen molar-refractivity contribution in [3.63, 3.8) is 0 Å². The van der Waals surface area contributed by atoms with Gasteiger partial charge >= 0.3 is 0 Å². The Bertz CT molecular complexity index is 2970. The van der Waals surface area contributed by atoms with E-state index < -0.39 is 0 Å². The number of rotatable bonds is 4. The van der Waals surface area contributed by atoms with E-state index in [0.29, 0.717) is 0 Å². The summed E-state index contributed by atoms with van der Waals surface area (Å²) in [7, 11) is 0. The first-order chi connectivity index (χ1) is 26.5. The second kappa shape index (κ2) is 11.7. The fourth-order valence-electron chi connectivity index (χ4n) is 9.10. The highest BCUT2D eigenvalue weighted by atomic mass is 16.3. The Morgan fingerprint density at radius 1 is 0.500 bits per heavy atom. The third-order valence-electron chi connectivity index (χ3n) is 11.9. The van der Waals surface area contributed by atoms with Gasteiger partial charge in [0.25, 0.3) is 0 Å². The number of aromatic nitrogens is 2. The highest BCUT2D eigenvalue weighted by molar-refractivity contribution is 6.10. The summed E-state index contributed by atoms with van der Waals surface area (Å²) < 4.78 is 6.49. The zero-order valence-corrected chi connectivity index (χ0v) is 30.1. The van der Waals surface area contributed by atoms with Crippen LogP contribution >= 0.6 is 0 Å². The van der Waals surface area contributed by atoms with Gasteiger partial charge in [0, 0.05) is 44.7 Å². The van der Waals surface area contributed by atoms with E-state index in [1.807, 2.05) is 0 Å². The molecule has 2 atom stereocenters. The SMILES string of the molecule is CC1(C)c2ccccc2-c2ccc(-c3cc(-c4ccccc4)nc(C4=CC=C(c5ccc6c(c5)oc5cc7ccccc7cc56)C5C=CC=CC45)n3)cc21. The smallest absolute Gasteiger partial charge is 0.157 e. The van der Waals surface area contributed by atoms with E-state index in [1.165, 1.54) is 38.6 Å². The summed E-state index contributed by atoms with van der Waals surface area (Å²) in [5.74, 6) is 0.976. The average molecular weight is 693 g/mol. The first-order valence-corrected chi connectivity index (χ1v) is 18.8. The molecule has 2 aromatic heterocycles. The Labute approximate surface area is 314 Å². The fourth-order valence-corrected chi connectivity index (χ4v) is 9.10. The molecule has 0 amide bonds. The number of furan rings is 1. The van der Waals surface area contributed by atoms with Gasteiger partial charge in [-0.05, 0) is 80.6 Å². The van der Waals surface area contributed by atoms with E-state index in [9.17, 15) is 0 Å². The standard InChI is InChI=1S/C51H36N2O/c1-51(2)44-19-11-10-18-39(44)40-22-21-35(27-45(40)51)47-30-46(31-12-4-3-5-13-31)52-50(53-47)42-25-24-36(37-16-8-9-17-38(37)42)34-20-23-41-43-26-32-14-6-7-15-33(32)28-49(43)54-48(41)29-34/h3-30,37-38H,1-2H3. The summed E-state index contributed by atoms with van der Waals surface area (Å²) in [6.07, 6.45) is 13.5. The average Bonchev–Trinajstić information content (AvgIpc) is 3.69. The third kappa shape index (κ3) is 4.75. The molecule has 0 N–H and O–H groups in total. The van der Waals surface area contributed by atoms with Gasteiger partial charge in [-0.1, -0.05) is 147 Å². The van der Waals surface area contributed by atoms with Crippen molar-refractivity contribution in [2.45, 2.75) is 19.3 Å². The topological polar surface area (TPSA) is 38.9 Å². The van der Waals surface area contributed by atoms with Gasteiger partial charge in [0.1, 0.15) is 11.2 Å². The lowest BCUT2D eigenvalue weighted by atomic mass is 9.73. The molecular weight excluding hydrogens is 657 g/mol. The van der Waals surface area contributed by atoms with Gasteiger partial charge in [-0.2, -0.15) is 0 Å². The molecule has 54 heavy (non-hydrogen) atoms. The van der Waals surface area contributed by atoms with Crippen molar-refractivity contribution in [3.8, 4) is 33.6 Å². The maximum Gasteiger partial charge on any atom is 0.157 e. The molecule has 0 radical (unpaired) electrons. The Kier molecular flexibility index (Phi) is 6.72. The van der Waals surface area contributed by atoms with Gasteiger partial charge in [-0.3, -0.25) is 0 Å². The lowest BCUT2D eigenvalue weighted by molar-refractivity contribution is 0.660. The molecule has 0 fully saturated rings. The normalized spacial score (nSPS) is 18.0. The fraction of sp³-hybridized carbons (Fsp3) is 0.0980. The number of hydrogen-bond acceptors (Lipinski definition) is 3. The van der Waals surface area contributed by atoms with E-state index in [0.717, 1.165) is 61.4 Å². The molecule has 3 heteroatoms. The Morgan fingerprint density at radius 2 is 1.15 bits per heavy atom. The molecule has 8 aromatic rings. The first kappa shape index (κ1) is 31.0. The molecule has 256 valence electrons. The maximum atomic E-state index is 6.49. The van der Waals surface area contributed by atoms with Gasteiger partial charge < -0.3 is 4.42 Å². The van der Waals surface area contributed by atoms with E-state index in [1.54, 1.807) is 0 Å². The molecule has 3 aliphatic carbocycles. The molecule has 3 nitrogen and oxygen atoms in total. The van der Waals surface area contributed by atoms with Crippen molar-refractivity contribution in [1.29, 1.82) is 0 Å². The number of nitrogens with zero attached hydrogens (tertiary/aromatic N) is 2. The van der Waals surface area contributed by atoms with Crippen LogP contribution in [-0.2, 0) is 5.41 Å². The van der Waals surface area contributed by atoms with Crippen LogP contribution in [0.5, 0.6) is 0 Å². The molecule has 2 unspecified atom stereocenters. The molecule has 6 aromatic carbocycles. The van der Waals surface area contributed by atoms with Crippen LogP contribution in [0, 0.1) is 11.8 Å². The van der Waals surface area contributed by atoms with Crippen LogP contribution in [-0.4, -0.2) is 9.97 Å². The molecular formula is C51H36N2O. The summed E-state index contributed by atoms with van der Waals surface area (Å²) in [6.45, 7) is 4.66. The van der Waals surface area contributed by atoms with Crippen molar-refractivity contribution in [2.24, 2.45) is 11.8 Å². The van der Waals surface area contributed by atoms with Crippen LogP contribution in [0.3, 0.4) is 0 Å². The summed E-state index contributed by atoms with van der Waals surface area (Å²) >= 11 is 0. The first-order valence-electron chi connectivity index (χ1n) is 18.8. The van der Waals surface area contributed by atoms with Crippen LogP contribution in [0.2, 0.25) is 0 Å². The van der Waals surface area contributed by atoms with E-state index in [4.69, 9.17) is 14.4 Å². The summed E-state index contributed by atoms with van der Waals surface area (Å²) in [5, 5.41) is 4.70. The van der Waals surface area contributed by atoms with Crippen LogP contribution in [0.4, 0.5) is 0 Å². The van der Waals surface area contributed by atoms with Crippen LogP contribution in [0.1, 0.15) is 36.4 Å². The van der Waals surface area contributed by atoms with E-state index >= 15 is 0 Å². The van der Waals surface area contributed by atoms with Gasteiger partial charge in [-0.25, -0.2) is 9.97 Å². The predicted octanol–water partition coefficient (Wildman–Crippen LogP) is 13.0. The quantitative estimate of drug-likeness (QED) is 0.184. The molecule has 0 saturated heterocycles. The van der Waals surface area contributed by atoms with Crippen molar-refractivity contribution >= 4 is 43.9 Å². The lowest BCUT2D eigenvalue weighted by Crippen LogP contribution is -2.20. The Morgan fingerprint density at radius 3 is 1.98 bits per heavy atom. The van der Waals surface area contributed by atoms with Crippen molar-refractivity contribution in [3.05, 3.63) is 192 Å². The van der Waals surface area contributed by atoms with Crippen LogP contribution < -0.4 is 0 Å². The molecule has 11 rings (SSSR count). The monoisotopic (exact) mass is 692 g/mol. The minimum absolute atomic E-state index is 0.0824. The van der Waals surface area contributed by atoms with Crippen molar-refractivity contribution in [1.82, 2.24) is 9.97 Å². The highest BCUT2D eigenvalue weighted by Crippen LogP contribution is 2.50. The van der Waals surface area contributed by atoms with Gasteiger partial charge in [0.05, 0.1) is 11.4 Å². The van der Waals surface area contributed by atoms with E-state index in [-0.39, 0.29) is 17.3 Å². The highest BCUT2D eigenvalue weighted by Gasteiger charge is 2.36. The number of allylic oxidation sites excluding steroid dienone is 8. The minimum Gasteiger partial charge on any atom is -0.456 e. The van der Waals surface area contributed by atoms with Crippen molar-refractivity contribution in [2.75, 3.05) is 0 Å². The number of hydrogen-bond donors (Lipinski definition) is 0. The molecule has 3 aliphatic rings. The molecule has 0 spiro atoms. The predicted molar refractivity (Wildman–Crippen MR) is 223 cm³/mol. The Balaban J connectivity index is 1.04. The molecule has 0 saturated carbocycles. The van der Waals surface area contributed by atoms with Gasteiger partial charge in [0.2, 0.25) is 0 Å². The third-order valence-corrected chi connectivity index (χ3v) is 11.9. The number of fused-ring (bicyclic) bond motifs is 8.